The summed E-state index contributed by atoms with van der Waals surface area (Å²) in [4.78, 5) is 26.0. The van der Waals surface area contributed by atoms with Crippen LogP contribution < -0.4 is 15.4 Å². The molecule has 1 amide bonds. The van der Waals surface area contributed by atoms with Crippen LogP contribution >= 0.6 is 0 Å². The van der Waals surface area contributed by atoms with Crippen LogP contribution in [0.4, 0.5) is 10.5 Å². The van der Waals surface area contributed by atoms with Gasteiger partial charge in [-0.1, -0.05) is 24.3 Å². The van der Waals surface area contributed by atoms with Gasteiger partial charge < -0.3 is 20.1 Å². The van der Waals surface area contributed by atoms with E-state index >= 15 is 0 Å². The molecule has 1 aliphatic heterocycles. The largest absolute Gasteiger partial charge is 0.513 e. The first kappa shape index (κ1) is 18.9. The van der Waals surface area contributed by atoms with Crippen LogP contribution in [-0.4, -0.2) is 31.3 Å². The van der Waals surface area contributed by atoms with Gasteiger partial charge in [-0.05, 0) is 61.6 Å². The van der Waals surface area contributed by atoms with Crippen molar-refractivity contribution < 1.29 is 19.1 Å². The number of rotatable bonds is 5. The van der Waals surface area contributed by atoms with E-state index in [0.29, 0.717) is 18.7 Å². The zero-order valence-corrected chi connectivity index (χ0v) is 15.6. The molecule has 0 fully saturated rings. The number of hydrogen-bond donors (Lipinski definition) is 1. The van der Waals surface area contributed by atoms with E-state index < -0.39 is 12.2 Å². The van der Waals surface area contributed by atoms with E-state index in [9.17, 15) is 9.59 Å². The lowest BCUT2D eigenvalue weighted by Crippen LogP contribution is -2.44. The number of anilines is 1. The third-order valence-electron chi connectivity index (χ3n) is 4.69. The normalized spacial score (nSPS) is 13.8. The summed E-state index contributed by atoms with van der Waals surface area (Å²) in [6, 6.07) is 12.5. The van der Waals surface area contributed by atoms with Crippen LogP contribution in [0.25, 0.3) is 0 Å². The molecule has 3 rings (SSSR count). The van der Waals surface area contributed by atoms with Crippen LogP contribution in [0.3, 0.4) is 0 Å². The Morgan fingerprint density at radius 2 is 2.00 bits per heavy atom. The molecule has 6 heteroatoms. The predicted molar refractivity (Wildman–Crippen MR) is 103 cm³/mol. The lowest BCUT2D eigenvalue weighted by molar-refractivity contribution is -0.119. The van der Waals surface area contributed by atoms with Crippen molar-refractivity contribution in [2.45, 2.75) is 32.7 Å². The van der Waals surface area contributed by atoms with E-state index in [2.05, 4.69) is 0 Å². The van der Waals surface area contributed by atoms with Gasteiger partial charge in [0.1, 0.15) is 5.75 Å². The van der Waals surface area contributed by atoms with Crippen molar-refractivity contribution in [3.8, 4) is 5.75 Å². The first-order chi connectivity index (χ1) is 13.0. The predicted octanol–water partition coefficient (Wildman–Crippen LogP) is 2.99. The van der Waals surface area contributed by atoms with Crippen molar-refractivity contribution in [2.24, 2.45) is 5.73 Å². The SMILES string of the molecule is CCOC(=O)Oc1ccc(C[C@H](N)C(=O)N2CCc3ccccc32)c(C)c1. The quantitative estimate of drug-likeness (QED) is 0.648. The lowest BCUT2D eigenvalue weighted by atomic mass is 10.0. The number of carbonyl (C=O) groups is 2. The minimum absolute atomic E-state index is 0.0776. The van der Waals surface area contributed by atoms with E-state index in [1.807, 2.05) is 37.3 Å². The minimum Gasteiger partial charge on any atom is -0.434 e. The van der Waals surface area contributed by atoms with Gasteiger partial charge in [0.15, 0.2) is 0 Å². The fraction of sp³-hybridized carbons (Fsp3) is 0.333. The number of hydrogen-bond acceptors (Lipinski definition) is 5. The molecule has 1 atom stereocenters. The van der Waals surface area contributed by atoms with E-state index in [4.69, 9.17) is 15.2 Å². The summed E-state index contributed by atoms with van der Waals surface area (Å²) >= 11 is 0. The minimum atomic E-state index is -0.732. The number of nitrogens with two attached hydrogens (primary N) is 1. The highest BCUT2D eigenvalue weighted by molar-refractivity contribution is 5.99. The highest BCUT2D eigenvalue weighted by Crippen LogP contribution is 2.28. The van der Waals surface area contributed by atoms with E-state index in [-0.39, 0.29) is 12.5 Å². The van der Waals surface area contributed by atoms with Crippen LogP contribution in [0.15, 0.2) is 42.5 Å². The summed E-state index contributed by atoms with van der Waals surface area (Å²) in [5.41, 5.74) is 10.2. The molecule has 0 aliphatic carbocycles. The molecule has 0 saturated heterocycles. The van der Waals surface area contributed by atoms with Gasteiger partial charge in [0, 0.05) is 12.2 Å². The first-order valence-electron chi connectivity index (χ1n) is 9.08. The Hall–Kier alpha value is -2.86. The number of fused-ring (bicyclic) bond motifs is 1. The molecule has 0 saturated carbocycles. The van der Waals surface area contributed by atoms with Gasteiger partial charge in [-0.15, -0.1) is 0 Å². The van der Waals surface area contributed by atoms with Crippen molar-refractivity contribution in [3.05, 3.63) is 59.2 Å². The van der Waals surface area contributed by atoms with Gasteiger partial charge in [0.05, 0.1) is 12.6 Å². The maximum Gasteiger partial charge on any atom is 0.513 e. The molecule has 6 nitrogen and oxygen atoms in total. The molecule has 27 heavy (non-hydrogen) atoms. The zero-order chi connectivity index (χ0) is 19.4. The molecule has 0 unspecified atom stereocenters. The fourth-order valence-corrected chi connectivity index (χ4v) is 3.30. The molecule has 0 aromatic heterocycles. The second-order valence-electron chi connectivity index (χ2n) is 6.55. The Bertz CT molecular complexity index is 850. The van der Waals surface area contributed by atoms with Gasteiger partial charge in [-0.25, -0.2) is 4.79 Å². The van der Waals surface area contributed by atoms with Crippen LogP contribution in [0.5, 0.6) is 5.75 Å². The van der Waals surface area contributed by atoms with E-state index in [0.717, 1.165) is 23.2 Å². The van der Waals surface area contributed by atoms with Crippen LogP contribution in [0, 0.1) is 6.92 Å². The van der Waals surface area contributed by atoms with Crippen LogP contribution in [-0.2, 0) is 22.4 Å². The third-order valence-corrected chi connectivity index (χ3v) is 4.69. The van der Waals surface area contributed by atoms with E-state index in [1.54, 1.807) is 24.0 Å². The molecule has 1 aliphatic rings. The number of nitrogens with zero attached hydrogens (tertiary/aromatic N) is 1. The number of carbonyl (C=O) groups excluding carboxylic acids is 2. The highest BCUT2D eigenvalue weighted by Gasteiger charge is 2.28. The third kappa shape index (κ3) is 4.28. The molecule has 2 N–H and O–H groups in total. The Morgan fingerprint density at radius 1 is 1.22 bits per heavy atom. The summed E-state index contributed by atoms with van der Waals surface area (Å²) in [6.07, 6.45) is 0.542. The maximum atomic E-state index is 12.8. The fourth-order valence-electron chi connectivity index (χ4n) is 3.30. The number of ether oxygens (including phenoxy) is 2. The second kappa shape index (κ2) is 8.22. The summed E-state index contributed by atoms with van der Waals surface area (Å²) in [7, 11) is 0. The average molecular weight is 368 g/mol. The maximum absolute atomic E-state index is 12.8. The number of aryl methyl sites for hydroxylation is 1. The lowest BCUT2D eigenvalue weighted by Gasteiger charge is -2.22. The summed E-state index contributed by atoms with van der Waals surface area (Å²) < 4.78 is 9.86. The van der Waals surface area contributed by atoms with Crippen LogP contribution in [0.1, 0.15) is 23.6 Å². The van der Waals surface area contributed by atoms with Crippen molar-refractivity contribution in [1.82, 2.24) is 0 Å². The Labute approximate surface area is 158 Å². The van der Waals surface area contributed by atoms with Gasteiger partial charge in [-0.2, -0.15) is 0 Å². The van der Waals surface area contributed by atoms with Crippen molar-refractivity contribution in [2.75, 3.05) is 18.1 Å². The van der Waals surface area contributed by atoms with Gasteiger partial charge in [0.2, 0.25) is 5.91 Å². The molecule has 0 bridgehead atoms. The van der Waals surface area contributed by atoms with Crippen molar-refractivity contribution >= 4 is 17.7 Å². The molecular weight excluding hydrogens is 344 g/mol. The smallest absolute Gasteiger partial charge is 0.434 e. The average Bonchev–Trinajstić information content (AvgIpc) is 3.07. The zero-order valence-electron chi connectivity index (χ0n) is 15.6. The summed E-state index contributed by atoms with van der Waals surface area (Å²) in [5, 5.41) is 0. The van der Waals surface area contributed by atoms with E-state index in [1.165, 1.54) is 5.56 Å². The number of para-hydroxylation sites is 1. The highest BCUT2D eigenvalue weighted by atomic mass is 16.7. The summed E-state index contributed by atoms with van der Waals surface area (Å²) in [6.45, 7) is 4.53. The van der Waals surface area contributed by atoms with Crippen molar-refractivity contribution in [3.63, 3.8) is 0 Å². The molecule has 142 valence electrons. The van der Waals surface area contributed by atoms with Crippen molar-refractivity contribution in [1.29, 1.82) is 0 Å². The molecule has 0 spiro atoms. The van der Waals surface area contributed by atoms with Crippen LogP contribution in [0.2, 0.25) is 0 Å². The Morgan fingerprint density at radius 3 is 2.74 bits per heavy atom. The standard InChI is InChI=1S/C21H24N2O4/c1-3-26-21(25)27-17-9-8-16(14(2)12-17)13-18(22)20(24)23-11-10-15-6-4-5-7-19(15)23/h4-9,12,18H,3,10-11,13,22H2,1-2H3/t18-/m0/s1. The molecule has 0 radical (unpaired) electrons. The monoisotopic (exact) mass is 368 g/mol. The molecule has 2 aromatic rings. The number of benzene rings is 2. The second-order valence-corrected chi connectivity index (χ2v) is 6.55. The molecule has 2 aromatic carbocycles. The Kier molecular flexibility index (Phi) is 5.76. The summed E-state index contributed by atoms with van der Waals surface area (Å²) in [5.74, 6) is 0.328. The first-order valence-corrected chi connectivity index (χ1v) is 9.08. The Balaban J connectivity index is 1.66. The number of amides is 1. The van der Waals surface area contributed by atoms with Gasteiger partial charge in [-0.3, -0.25) is 4.79 Å². The topological polar surface area (TPSA) is 81.9 Å². The van der Waals surface area contributed by atoms with Gasteiger partial charge in [0.25, 0.3) is 0 Å². The molecular formula is C21H24N2O4. The van der Waals surface area contributed by atoms with Gasteiger partial charge >= 0.3 is 6.16 Å². The molecule has 1 heterocycles.